The molecule has 2 saturated heterocycles. The highest BCUT2D eigenvalue weighted by atomic mass is 16.3. The molecule has 7 nitrogen and oxygen atoms in total. The van der Waals surface area contributed by atoms with E-state index in [9.17, 15) is 9.90 Å². The Morgan fingerprint density at radius 1 is 1.40 bits per heavy atom. The number of carbonyl (C=O) groups excluding carboxylic acids is 1. The van der Waals surface area contributed by atoms with Crippen LogP contribution < -0.4 is 5.32 Å². The third-order valence-electron chi connectivity index (χ3n) is 6.20. The molecule has 1 amide bonds. The Balaban J connectivity index is 1.50. The van der Waals surface area contributed by atoms with Crippen LogP contribution in [-0.2, 0) is 16.8 Å². The van der Waals surface area contributed by atoms with E-state index in [1.165, 1.54) is 11.4 Å². The minimum absolute atomic E-state index is 0.0248. The molecule has 25 heavy (non-hydrogen) atoms. The zero-order valence-electron chi connectivity index (χ0n) is 15.0. The number of piperidine rings is 1. The largest absolute Gasteiger partial charge is 0.392 e. The van der Waals surface area contributed by atoms with Gasteiger partial charge in [0.05, 0.1) is 29.7 Å². The predicted octanol–water partition coefficient (Wildman–Crippen LogP) is 0.218. The maximum absolute atomic E-state index is 12.7. The quantitative estimate of drug-likeness (QED) is 0.728. The molecule has 0 radical (unpaired) electrons. The number of aliphatic hydroxyl groups excluding tert-OH is 1. The number of imidazole rings is 1. The van der Waals surface area contributed by atoms with Crippen LogP contribution in [-0.4, -0.2) is 75.7 Å². The highest BCUT2D eigenvalue weighted by Gasteiger charge is 2.47. The summed E-state index contributed by atoms with van der Waals surface area (Å²) in [6.07, 6.45) is 6.00. The van der Waals surface area contributed by atoms with Gasteiger partial charge in [0.1, 0.15) is 0 Å². The number of amides is 1. The molecule has 1 aromatic rings. The van der Waals surface area contributed by atoms with Crippen molar-refractivity contribution in [2.24, 2.45) is 0 Å². The number of nitrogens with zero attached hydrogens (tertiary/aromatic N) is 3. The molecular formula is C18H29N5O2. The van der Waals surface area contributed by atoms with Crippen molar-refractivity contribution in [2.45, 2.75) is 56.7 Å². The molecule has 0 bridgehead atoms. The summed E-state index contributed by atoms with van der Waals surface area (Å²) < 4.78 is 0. The number of carbonyl (C=O) groups is 1. The van der Waals surface area contributed by atoms with Gasteiger partial charge in [-0.25, -0.2) is 4.98 Å². The van der Waals surface area contributed by atoms with E-state index in [4.69, 9.17) is 0 Å². The summed E-state index contributed by atoms with van der Waals surface area (Å²) in [6, 6.07) is -0.219. The standard InChI is InChI=1S/C18H29N5O2/c1-2-6-23-7-3-14-16(21-12-20-14)18(23)4-8-22(9-5-18)17(25)15-10-13(24)11-19-15/h12-13,15,19,24H,2-11H2,1H3,(H,20,21)/t13-,15+/m1/s1. The molecule has 2 fully saturated rings. The number of aliphatic hydroxyl groups is 1. The number of hydrogen-bond donors (Lipinski definition) is 3. The molecule has 0 aliphatic carbocycles. The Labute approximate surface area is 148 Å². The number of H-pyrrole nitrogens is 1. The molecule has 1 aromatic heterocycles. The maximum atomic E-state index is 12.7. The zero-order valence-corrected chi connectivity index (χ0v) is 15.0. The Hall–Kier alpha value is -1.44. The molecule has 7 heteroatoms. The predicted molar refractivity (Wildman–Crippen MR) is 94.1 cm³/mol. The number of rotatable bonds is 3. The normalized spacial score (nSPS) is 29.1. The minimum atomic E-state index is -0.393. The molecule has 3 aliphatic rings. The molecule has 2 atom stereocenters. The van der Waals surface area contributed by atoms with E-state index in [1.807, 2.05) is 11.2 Å². The molecule has 3 N–H and O–H groups in total. The van der Waals surface area contributed by atoms with Gasteiger partial charge in [0.25, 0.3) is 0 Å². The fourth-order valence-corrected chi connectivity index (χ4v) is 4.89. The summed E-state index contributed by atoms with van der Waals surface area (Å²) in [4.78, 5) is 25.3. The molecule has 1 spiro atoms. The molecule has 138 valence electrons. The van der Waals surface area contributed by atoms with Gasteiger partial charge < -0.3 is 20.3 Å². The Morgan fingerprint density at radius 3 is 2.88 bits per heavy atom. The second-order valence-corrected chi connectivity index (χ2v) is 7.67. The molecule has 0 unspecified atom stereocenters. The molecule has 4 rings (SSSR count). The minimum Gasteiger partial charge on any atom is -0.392 e. The maximum Gasteiger partial charge on any atom is 0.239 e. The number of likely N-dealkylation sites (tertiary alicyclic amines) is 1. The van der Waals surface area contributed by atoms with Gasteiger partial charge in [0.2, 0.25) is 5.91 Å². The first-order valence-corrected chi connectivity index (χ1v) is 9.62. The van der Waals surface area contributed by atoms with Gasteiger partial charge in [-0.3, -0.25) is 9.69 Å². The van der Waals surface area contributed by atoms with Crippen molar-refractivity contribution < 1.29 is 9.90 Å². The van der Waals surface area contributed by atoms with Crippen LogP contribution in [0.1, 0.15) is 44.0 Å². The van der Waals surface area contributed by atoms with Crippen LogP contribution in [0.2, 0.25) is 0 Å². The SMILES string of the molecule is CCCN1CCc2[nH]cnc2C12CCN(C(=O)[C@@H]1C[C@@H](O)CN1)CC2. The molecule has 0 aromatic carbocycles. The zero-order chi connectivity index (χ0) is 17.4. The van der Waals surface area contributed by atoms with Crippen LogP contribution in [0, 0.1) is 0 Å². The van der Waals surface area contributed by atoms with Gasteiger partial charge in [-0.2, -0.15) is 0 Å². The van der Waals surface area contributed by atoms with Gasteiger partial charge in [-0.05, 0) is 32.2 Å². The lowest BCUT2D eigenvalue weighted by Gasteiger charge is -2.50. The second-order valence-electron chi connectivity index (χ2n) is 7.67. The first kappa shape index (κ1) is 17.0. The van der Waals surface area contributed by atoms with Gasteiger partial charge in [0.15, 0.2) is 0 Å². The first-order valence-electron chi connectivity index (χ1n) is 9.62. The van der Waals surface area contributed by atoms with Crippen molar-refractivity contribution in [3.05, 3.63) is 17.7 Å². The van der Waals surface area contributed by atoms with E-state index in [-0.39, 0.29) is 17.5 Å². The molecule has 0 saturated carbocycles. The lowest BCUT2D eigenvalue weighted by Crippen LogP contribution is -2.58. The Kier molecular flexibility index (Phi) is 4.56. The highest BCUT2D eigenvalue weighted by Crippen LogP contribution is 2.42. The Morgan fingerprint density at radius 2 is 2.20 bits per heavy atom. The van der Waals surface area contributed by atoms with Crippen LogP contribution in [0.15, 0.2) is 6.33 Å². The van der Waals surface area contributed by atoms with E-state index in [0.717, 1.165) is 51.9 Å². The number of fused-ring (bicyclic) bond motifs is 2. The summed E-state index contributed by atoms with van der Waals surface area (Å²) in [5.74, 6) is 0.145. The molecule has 3 aliphatic heterocycles. The van der Waals surface area contributed by atoms with Crippen LogP contribution in [0.5, 0.6) is 0 Å². The summed E-state index contributed by atoms with van der Waals surface area (Å²) in [5.41, 5.74) is 2.45. The van der Waals surface area contributed by atoms with Crippen molar-refractivity contribution in [1.82, 2.24) is 25.1 Å². The second kappa shape index (κ2) is 6.70. The van der Waals surface area contributed by atoms with E-state index < -0.39 is 6.10 Å². The van der Waals surface area contributed by atoms with Gasteiger partial charge >= 0.3 is 0 Å². The number of β-amino-alcohol motifs (C(OH)–C–C–N with tert-alkyl or cyclic N) is 1. The summed E-state index contributed by atoms with van der Waals surface area (Å²) >= 11 is 0. The summed E-state index contributed by atoms with van der Waals surface area (Å²) in [7, 11) is 0. The lowest BCUT2D eigenvalue weighted by atomic mass is 9.78. The molecular weight excluding hydrogens is 318 g/mol. The van der Waals surface area contributed by atoms with Gasteiger partial charge in [-0.1, -0.05) is 6.92 Å². The van der Waals surface area contributed by atoms with E-state index >= 15 is 0 Å². The van der Waals surface area contributed by atoms with Crippen molar-refractivity contribution >= 4 is 5.91 Å². The van der Waals surface area contributed by atoms with Gasteiger partial charge in [0, 0.05) is 38.3 Å². The first-order chi connectivity index (χ1) is 12.1. The fourth-order valence-electron chi connectivity index (χ4n) is 4.89. The lowest BCUT2D eigenvalue weighted by molar-refractivity contribution is -0.136. The van der Waals surface area contributed by atoms with Crippen LogP contribution in [0.25, 0.3) is 0 Å². The third kappa shape index (κ3) is 2.88. The average molecular weight is 347 g/mol. The topological polar surface area (TPSA) is 84.5 Å². The van der Waals surface area contributed by atoms with Crippen molar-refractivity contribution in [3.63, 3.8) is 0 Å². The number of aromatic nitrogens is 2. The average Bonchev–Trinajstić information content (AvgIpc) is 3.27. The number of nitrogens with one attached hydrogen (secondary N) is 2. The monoisotopic (exact) mass is 347 g/mol. The smallest absolute Gasteiger partial charge is 0.239 e. The van der Waals surface area contributed by atoms with Crippen molar-refractivity contribution in [2.75, 3.05) is 32.7 Å². The number of aromatic amines is 1. The van der Waals surface area contributed by atoms with Crippen LogP contribution in [0.3, 0.4) is 0 Å². The summed E-state index contributed by atoms with van der Waals surface area (Å²) in [6.45, 7) is 6.42. The Bertz CT molecular complexity index is 623. The fraction of sp³-hybridized carbons (Fsp3) is 0.778. The van der Waals surface area contributed by atoms with E-state index in [1.54, 1.807) is 0 Å². The van der Waals surface area contributed by atoms with E-state index in [2.05, 4.69) is 27.1 Å². The highest BCUT2D eigenvalue weighted by molar-refractivity contribution is 5.82. The van der Waals surface area contributed by atoms with Crippen LogP contribution in [0.4, 0.5) is 0 Å². The van der Waals surface area contributed by atoms with Gasteiger partial charge in [-0.15, -0.1) is 0 Å². The molecule has 4 heterocycles. The summed E-state index contributed by atoms with van der Waals surface area (Å²) in [5, 5.41) is 12.8. The van der Waals surface area contributed by atoms with Crippen molar-refractivity contribution in [3.8, 4) is 0 Å². The van der Waals surface area contributed by atoms with E-state index in [0.29, 0.717) is 13.0 Å². The van der Waals surface area contributed by atoms with Crippen LogP contribution >= 0.6 is 0 Å². The number of hydrogen-bond acceptors (Lipinski definition) is 5. The van der Waals surface area contributed by atoms with Crippen molar-refractivity contribution in [1.29, 1.82) is 0 Å². The third-order valence-corrected chi connectivity index (χ3v) is 6.20.